The van der Waals surface area contributed by atoms with Crippen LogP contribution in [0.1, 0.15) is 69.4 Å². The molecule has 250 valence electrons. The molecule has 0 aromatic heterocycles. The molecule has 3 aromatic carbocycles. The van der Waals surface area contributed by atoms with Gasteiger partial charge in [0.15, 0.2) is 0 Å². The molecule has 0 spiro atoms. The fourth-order valence-corrected chi connectivity index (χ4v) is 5.65. The fraction of sp³-hybridized carbons (Fsp3) is 0.385. The first kappa shape index (κ1) is 35.4. The van der Waals surface area contributed by atoms with Gasteiger partial charge < -0.3 is 24.1 Å². The van der Waals surface area contributed by atoms with Crippen LogP contribution in [-0.2, 0) is 25.5 Å². The van der Waals surface area contributed by atoms with Gasteiger partial charge in [0.1, 0.15) is 43.7 Å². The molecule has 1 N–H and O–H groups in total. The summed E-state index contributed by atoms with van der Waals surface area (Å²) in [4.78, 5) is 23.7. The molecular weight excluding hydrogens is 599 g/mol. The third-order valence-electron chi connectivity index (χ3n) is 8.19. The zero-order valence-electron chi connectivity index (χ0n) is 27.4. The molecular formula is C39H45FO7. The number of hydrogen-bond donors (Lipinski definition) is 1. The van der Waals surface area contributed by atoms with E-state index in [9.17, 15) is 14.7 Å². The first-order chi connectivity index (χ1) is 22.7. The number of carbonyl (C=O) groups excluding carboxylic acids is 2. The zero-order valence-corrected chi connectivity index (χ0v) is 27.4. The van der Waals surface area contributed by atoms with E-state index in [4.69, 9.17) is 18.9 Å². The summed E-state index contributed by atoms with van der Waals surface area (Å²) >= 11 is 0. The lowest BCUT2D eigenvalue weighted by Crippen LogP contribution is -2.14. The van der Waals surface area contributed by atoms with Gasteiger partial charge in [0, 0.05) is 28.9 Å². The van der Waals surface area contributed by atoms with Crippen LogP contribution in [0.3, 0.4) is 0 Å². The summed E-state index contributed by atoms with van der Waals surface area (Å²) in [7, 11) is 0. The van der Waals surface area contributed by atoms with Crippen LogP contribution in [0.2, 0.25) is 0 Å². The molecule has 47 heavy (non-hydrogen) atoms. The molecule has 3 aromatic rings. The minimum atomic E-state index is -0.526. The quantitative estimate of drug-likeness (QED) is 0.0957. The molecule has 1 saturated carbocycles. The van der Waals surface area contributed by atoms with Gasteiger partial charge in [0.05, 0.1) is 0 Å². The van der Waals surface area contributed by atoms with Gasteiger partial charge in [-0.15, -0.1) is 0 Å². The fourth-order valence-electron chi connectivity index (χ4n) is 5.65. The van der Waals surface area contributed by atoms with Gasteiger partial charge in [0.2, 0.25) is 0 Å². The normalized spacial score (nSPS) is 13.1. The predicted octanol–water partition coefficient (Wildman–Crippen LogP) is 8.13. The van der Waals surface area contributed by atoms with E-state index in [1.165, 1.54) is 43.7 Å². The highest BCUT2D eigenvalue weighted by molar-refractivity contribution is 5.87. The zero-order chi connectivity index (χ0) is 33.8. The van der Waals surface area contributed by atoms with Gasteiger partial charge >= 0.3 is 11.9 Å². The average molecular weight is 645 g/mol. The number of hydrogen-bond acceptors (Lipinski definition) is 7. The Labute approximate surface area is 277 Å². The van der Waals surface area contributed by atoms with Crippen molar-refractivity contribution < 1.29 is 38.0 Å². The van der Waals surface area contributed by atoms with Crippen molar-refractivity contribution in [3.05, 3.63) is 95.8 Å². The molecule has 8 heteroatoms. The van der Waals surface area contributed by atoms with Crippen molar-refractivity contribution in [1.29, 1.82) is 0 Å². The minimum Gasteiger partial charge on any atom is -0.490 e. The van der Waals surface area contributed by atoms with Crippen LogP contribution in [0.25, 0.3) is 22.3 Å². The van der Waals surface area contributed by atoms with Gasteiger partial charge in [-0.05, 0) is 85.9 Å². The lowest BCUT2D eigenvalue weighted by Gasteiger charge is -2.22. The molecule has 0 bridgehead atoms. The lowest BCUT2D eigenvalue weighted by atomic mass is 9.83. The topological polar surface area (TPSA) is 91.3 Å². The largest absolute Gasteiger partial charge is 0.490 e. The molecule has 7 nitrogen and oxygen atoms in total. The number of benzene rings is 3. The number of esters is 2. The monoisotopic (exact) mass is 644 g/mol. The summed E-state index contributed by atoms with van der Waals surface area (Å²) in [5, 5.41) is 9.51. The summed E-state index contributed by atoms with van der Waals surface area (Å²) in [6.07, 6.45) is 7.18. The number of halogens is 1. The number of ether oxygens (including phenoxy) is 4. The van der Waals surface area contributed by atoms with Crippen LogP contribution in [0.5, 0.6) is 11.5 Å². The van der Waals surface area contributed by atoms with E-state index in [0.29, 0.717) is 41.4 Å². The Bertz CT molecular complexity index is 1550. The predicted molar refractivity (Wildman–Crippen MR) is 181 cm³/mol. The Kier molecular flexibility index (Phi) is 13.2. The van der Waals surface area contributed by atoms with Crippen LogP contribution in [0, 0.1) is 5.82 Å². The van der Waals surface area contributed by atoms with E-state index in [1.807, 2.05) is 6.07 Å². The Morgan fingerprint density at radius 3 is 1.94 bits per heavy atom. The first-order valence-corrected chi connectivity index (χ1v) is 16.3. The van der Waals surface area contributed by atoms with Crippen molar-refractivity contribution in [1.82, 2.24) is 0 Å². The molecule has 0 saturated heterocycles. The van der Waals surface area contributed by atoms with E-state index in [1.54, 1.807) is 32.0 Å². The molecule has 0 unspecified atom stereocenters. The number of aliphatic hydroxyl groups excluding tert-OH is 1. The van der Waals surface area contributed by atoms with Crippen LogP contribution in [-0.4, -0.2) is 50.1 Å². The second-order valence-electron chi connectivity index (χ2n) is 12.0. The number of carbonyl (C=O) groups is 2. The molecule has 1 fully saturated rings. The van der Waals surface area contributed by atoms with Gasteiger partial charge in [-0.1, -0.05) is 68.8 Å². The average Bonchev–Trinajstić information content (AvgIpc) is 3.08. The maximum atomic E-state index is 16.0. The number of aliphatic hydroxyl groups is 1. The Morgan fingerprint density at radius 1 is 0.766 bits per heavy atom. The summed E-state index contributed by atoms with van der Waals surface area (Å²) in [6, 6.07) is 17.0. The van der Waals surface area contributed by atoms with Gasteiger partial charge in [-0.2, -0.15) is 0 Å². The summed E-state index contributed by atoms with van der Waals surface area (Å²) < 4.78 is 38.4. The Hall–Kier alpha value is -4.43. The maximum Gasteiger partial charge on any atom is 0.333 e. The van der Waals surface area contributed by atoms with Crippen molar-refractivity contribution >= 4 is 11.9 Å². The number of rotatable bonds is 16. The SMILES string of the molecule is C=C(C)C(=O)OCCOc1cc(-c2ccc(-c3ccc(C4CCCCC4)cc3)cc2F)c(OCCOC(=O)C(=C)C)cc1CCCO. The second kappa shape index (κ2) is 17.5. The lowest BCUT2D eigenvalue weighted by molar-refractivity contribution is -0.140. The Balaban J connectivity index is 1.62. The van der Waals surface area contributed by atoms with E-state index in [2.05, 4.69) is 37.4 Å². The second-order valence-corrected chi connectivity index (χ2v) is 12.0. The smallest absolute Gasteiger partial charge is 0.333 e. The van der Waals surface area contributed by atoms with Crippen molar-refractivity contribution in [2.45, 2.75) is 64.7 Å². The van der Waals surface area contributed by atoms with Crippen LogP contribution < -0.4 is 9.47 Å². The Morgan fingerprint density at radius 2 is 1.36 bits per heavy atom. The highest BCUT2D eigenvalue weighted by Gasteiger charge is 2.19. The highest BCUT2D eigenvalue weighted by atomic mass is 19.1. The van der Waals surface area contributed by atoms with Crippen molar-refractivity contribution in [3.8, 4) is 33.8 Å². The third kappa shape index (κ3) is 10.0. The molecule has 0 radical (unpaired) electrons. The van der Waals surface area contributed by atoms with E-state index in [0.717, 1.165) is 16.7 Å². The van der Waals surface area contributed by atoms with Gasteiger partial charge in [-0.3, -0.25) is 0 Å². The van der Waals surface area contributed by atoms with E-state index in [-0.39, 0.29) is 44.2 Å². The minimum absolute atomic E-state index is 0.00456. The van der Waals surface area contributed by atoms with Crippen molar-refractivity contribution in [2.24, 2.45) is 0 Å². The van der Waals surface area contributed by atoms with Crippen LogP contribution >= 0.6 is 0 Å². The summed E-state index contributed by atoms with van der Waals surface area (Å²) in [5.74, 6) is -0.0772. The molecule has 1 aliphatic carbocycles. The number of aryl methyl sites for hydroxylation is 1. The maximum absolute atomic E-state index is 16.0. The molecule has 4 rings (SSSR count). The van der Waals surface area contributed by atoms with E-state index < -0.39 is 17.8 Å². The van der Waals surface area contributed by atoms with Crippen LogP contribution in [0.4, 0.5) is 4.39 Å². The molecule has 0 amide bonds. The van der Waals surface area contributed by atoms with E-state index >= 15 is 4.39 Å². The van der Waals surface area contributed by atoms with Crippen molar-refractivity contribution in [3.63, 3.8) is 0 Å². The molecule has 0 aliphatic heterocycles. The van der Waals surface area contributed by atoms with Gasteiger partial charge in [-0.25, -0.2) is 14.0 Å². The summed E-state index contributed by atoms with van der Waals surface area (Å²) in [5.41, 5.74) is 5.04. The standard InChI is InChI=1S/C39H45FO7/c1-26(2)38(42)46-21-19-44-36-25-34(37(24-32(36)11-8-18-41)45-20-22-47-39(43)27(3)4)33-17-16-31(23-35(33)40)30-14-12-29(13-15-30)28-9-6-5-7-10-28/h12-17,23-25,28,41H,1,3,5-11,18-22H2,2,4H3. The summed E-state index contributed by atoms with van der Waals surface area (Å²) in [6.45, 7) is 10.3. The molecule has 1 aliphatic rings. The van der Waals surface area contributed by atoms with Gasteiger partial charge in [0.25, 0.3) is 0 Å². The first-order valence-electron chi connectivity index (χ1n) is 16.3. The third-order valence-corrected chi connectivity index (χ3v) is 8.19. The molecule has 0 atom stereocenters. The molecule has 0 heterocycles. The van der Waals surface area contributed by atoms with Crippen LogP contribution in [0.15, 0.2) is 78.9 Å². The van der Waals surface area contributed by atoms with Crippen molar-refractivity contribution in [2.75, 3.05) is 33.0 Å². The highest BCUT2D eigenvalue weighted by Crippen LogP contribution is 2.40.